The van der Waals surface area contributed by atoms with Crippen LogP contribution in [0.15, 0.2) is 0 Å². The molecule has 1 fully saturated rings. The molecule has 0 aromatic carbocycles. The van der Waals surface area contributed by atoms with Crippen LogP contribution in [0, 0.1) is 6.57 Å². The van der Waals surface area contributed by atoms with Gasteiger partial charge >= 0.3 is 11.9 Å². The summed E-state index contributed by atoms with van der Waals surface area (Å²) in [4.78, 5) is 15.9. The summed E-state index contributed by atoms with van der Waals surface area (Å²) in [6.07, 6.45) is 0.145. The second-order valence-corrected chi connectivity index (χ2v) is 5.04. The largest absolute Gasteiger partial charge is 0.444 e. The molecule has 1 atom stereocenters. The SMILES string of the molecule is [C-]#[N+]C1(F)CCCN(C(=O)OC(C)(C)C)C1. The van der Waals surface area contributed by atoms with Gasteiger partial charge in [0.05, 0.1) is 6.42 Å². The zero-order chi connectivity index (χ0) is 12.4. The number of carbonyl (C=O) groups is 1. The number of likely N-dealkylation sites (tertiary alicyclic amines) is 1. The lowest BCUT2D eigenvalue weighted by Gasteiger charge is -2.32. The molecular formula is C11H17FN2O2. The Morgan fingerprint density at radius 3 is 2.69 bits per heavy atom. The van der Waals surface area contributed by atoms with Crippen molar-refractivity contribution in [1.29, 1.82) is 0 Å². The molecule has 0 aromatic heterocycles. The van der Waals surface area contributed by atoms with E-state index in [1.54, 1.807) is 20.8 Å². The smallest absolute Gasteiger partial charge is 0.410 e. The molecule has 90 valence electrons. The van der Waals surface area contributed by atoms with E-state index in [2.05, 4.69) is 4.85 Å². The number of rotatable bonds is 0. The third kappa shape index (κ3) is 3.37. The van der Waals surface area contributed by atoms with Crippen molar-refractivity contribution in [2.75, 3.05) is 13.1 Å². The maximum atomic E-state index is 13.7. The summed E-state index contributed by atoms with van der Waals surface area (Å²) >= 11 is 0. The maximum absolute atomic E-state index is 13.7. The summed E-state index contributed by atoms with van der Waals surface area (Å²) in [5, 5.41) is 0. The predicted molar refractivity (Wildman–Crippen MR) is 57.5 cm³/mol. The molecule has 5 heteroatoms. The molecule has 0 bridgehead atoms. The maximum Gasteiger partial charge on any atom is 0.410 e. The van der Waals surface area contributed by atoms with Crippen molar-refractivity contribution in [3.05, 3.63) is 11.4 Å². The topological polar surface area (TPSA) is 33.9 Å². The fourth-order valence-corrected chi connectivity index (χ4v) is 1.56. The Hall–Kier alpha value is -1.31. The van der Waals surface area contributed by atoms with Crippen LogP contribution in [0.4, 0.5) is 9.18 Å². The summed E-state index contributed by atoms with van der Waals surface area (Å²) in [6.45, 7) is 12.3. The van der Waals surface area contributed by atoms with E-state index >= 15 is 0 Å². The Bertz CT molecular complexity index is 319. The Kier molecular flexibility index (Phi) is 3.41. The molecule has 0 N–H and O–H groups in total. The van der Waals surface area contributed by atoms with Crippen molar-refractivity contribution in [1.82, 2.24) is 4.90 Å². The third-order valence-electron chi connectivity index (χ3n) is 2.27. The van der Waals surface area contributed by atoms with E-state index in [4.69, 9.17) is 11.3 Å². The second-order valence-electron chi connectivity index (χ2n) is 5.04. The van der Waals surface area contributed by atoms with Crippen LogP contribution < -0.4 is 0 Å². The van der Waals surface area contributed by atoms with E-state index in [-0.39, 0.29) is 13.0 Å². The average Bonchev–Trinajstić information content (AvgIpc) is 2.15. The Morgan fingerprint density at radius 1 is 1.56 bits per heavy atom. The van der Waals surface area contributed by atoms with E-state index in [0.717, 1.165) is 0 Å². The number of amides is 1. The number of piperidine rings is 1. The van der Waals surface area contributed by atoms with Gasteiger partial charge in [0.25, 0.3) is 0 Å². The first-order valence-electron chi connectivity index (χ1n) is 5.31. The lowest BCUT2D eigenvalue weighted by Crippen LogP contribution is -2.48. The van der Waals surface area contributed by atoms with Gasteiger partial charge in [-0.3, -0.25) is 9.74 Å². The number of halogens is 1. The van der Waals surface area contributed by atoms with Crippen molar-refractivity contribution in [3.8, 4) is 0 Å². The average molecular weight is 228 g/mol. The monoisotopic (exact) mass is 228 g/mol. The van der Waals surface area contributed by atoms with Gasteiger partial charge in [-0.1, -0.05) is 0 Å². The molecule has 4 nitrogen and oxygen atoms in total. The number of carbonyl (C=O) groups excluding carboxylic acids is 1. The third-order valence-corrected chi connectivity index (χ3v) is 2.27. The number of ether oxygens (including phenoxy) is 1. The highest BCUT2D eigenvalue weighted by atomic mass is 19.1. The van der Waals surface area contributed by atoms with Crippen LogP contribution in [0.5, 0.6) is 0 Å². The predicted octanol–water partition coefficient (Wildman–Crippen LogP) is 2.60. The molecule has 1 saturated heterocycles. The fraction of sp³-hybridized carbons (Fsp3) is 0.818. The van der Waals surface area contributed by atoms with Crippen LogP contribution in [0.2, 0.25) is 0 Å². The van der Waals surface area contributed by atoms with Crippen LogP contribution in [-0.4, -0.2) is 35.5 Å². The van der Waals surface area contributed by atoms with Gasteiger partial charge in [-0.15, -0.1) is 0 Å². The fourth-order valence-electron chi connectivity index (χ4n) is 1.56. The van der Waals surface area contributed by atoms with Gasteiger partial charge in [0.15, 0.2) is 0 Å². The number of hydrogen-bond acceptors (Lipinski definition) is 2. The molecule has 0 aromatic rings. The van der Waals surface area contributed by atoms with Crippen molar-refractivity contribution in [2.24, 2.45) is 0 Å². The van der Waals surface area contributed by atoms with Gasteiger partial charge < -0.3 is 4.74 Å². The highest BCUT2D eigenvalue weighted by Crippen LogP contribution is 2.27. The van der Waals surface area contributed by atoms with Crippen molar-refractivity contribution in [3.63, 3.8) is 0 Å². The minimum Gasteiger partial charge on any atom is -0.444 e. The molecule has 0 spiro atoms. The second kappa shape index (κ2) is 4.28. The zero-order valence-electron chi connectivity index (χ0n) is 9.92. The Morgan fingerprint density at radius 2 is 2.19 bits per heavy atom. The van der Waals surface area contributed by atoms with Gasteiger partial charge in [-0.2, -0.15) is 4.39 Å². The molecule has 1 heterocycles. The van der Waals surface area contributed by atoms with Gasteiger partial charge in [-0.05, 0) is 27.2 Å². The summed E-state index contributed by atoms with van der Waals surface area (Å²) in [6, 6.07) is 0. The summed E-state index contributed by atoms with van der Waals surface area (Å²) in [7, 11) is 0. The molecule has 1 amide bonds. The van der Waals surface area contributed by atoms with Crippen LogP contribution in [-0.2, 0) is 4.74 Å². The number of hydrogen-bond donors (Lipinski definition) is 0. The first-order chi connectivity index (χ1) is 7.26. The van der Waals surface area contributed by atoms with Crippen LogP contribution in [0.25, 0.3) is 4.85 Å². The van der Waals surface area contributed by atoms with Crippen molar-refractivity contribution >= 4 is 6.09 Å². The molecule has 16 heavy (non-hydrogen) atoms. The Labute approximate surface area is 95.2 Å². The van der Waals surface area contributed by atoms with E-state index < -0.39 is 17.5 Å². The van der Waals surface area contributed by atoms with E-state index in [0.29, 0.717) is 13.0 Å². The quantitative estimate of drug-likeness (QED) is 0.471. The molecule has 0 radical (unpaired) electrons. The zero-order valence-corrected chi connectivity index (χ0v) is 9.92. The molecule has 1 aliphatic rings. The number of alkyl halides is 1. The van der Waals surface area contributed by atoms with Crippen molar-refractivity contribution < 1.29 is 13.9 Å². The minimum absolute atomic E-state index is 0.189. The Balaban J connectivity index is 2.62. The van der Waals surface area contributed by atoms with E-state index in [9.17, 15) is 9.18 Å². The van der Waals surface area contributed by atoms with Crippen molar-refractivity contribution in [2.45, 2.75) is 45.0 Å². The van der Waals surface area contributed by atoms with Gasteiger partial charge in [0.2, 0.25) is 0 Å². The summed E-state index contributed by atoms with van der Waals surface area (Å²) < 4.78 is 18.9. The minimum atomic E-state index is -1.94. The molecule has 1 rings (SSSR count). The van der Waals surface area contributed by atoms with Gasteiger partial charge in [-0.25, -0.2) is 11.4 Å². The molecule has 0 aliphatic carbocycles. The van der Waals surface area contributed by atoms with Crippen LogP contribution >= 0.6 is 0 Å². The van der Waals surface area contributed by atoms with Gasteiger partial charge in [0, 0.05) is 6.54 Å². The highest BCUT2D eigenvalue weighted by Gasteiger charge is 2.43. The summed E-state index contributed by atoms with van der Waals surface area (Å²) in [5.74, 6) is -1.94. The van der Waals surface area contributed by atoms with Crippen LogP contribution in [0.3, 0.4) is 0 Å². The van der Waals surface area contributed by atoms with E-state index in [1.807, 2.05) is 0 Å². The molecule has 1 aliphatic heterocycles. The molecular weight excluding hydrogens is 211 g/mol. The lowest BCUT2D eigenvalue weighted by molar-refractivity contribution is 0.00426. The standard InChI is InChI=1S/C11H17FN2O2/c1-10(2,3)16-9(15)14-7-5-6-11(12,8-14)13-4/h5-8H2,1-3H3. The molecule has 0 saturated carbocycles. The normalized spacial score (nSPS) is 26.1. The first-order valence-corrected chi connectivity index (χ1v) is 5.31. The number of nitrogens with zero attached hydrogens (tertiary/aromatic N) is 2. The first kappa shape index (κ1) is 12.8. The lowest BCUT2D eigenvalue weighted by atomic mass is 10.0. The van der Waals surface area contributed by atoms with Gasteiger partial charge in [0.1, 0.15) is 12.1 Å². The van der Waals surface area contributed by atoms with E-state index in [1.165, 1.54) is 4.90 Å². The summed E-state index contributed by atoms with van der Waals surface area (Å²) in [5.41, 5.74) is -0.592. The van der Waals surface area contributed by atoms with Crippen LogP contribution in [0.1, 0.15) is 33.6 Å². The molecule has 1 unspecified atom stereocenters. The highest BCUT2D eigenvalue weighted by molar-refractivity contribution is 5.68.